The van der Waals surface area contributed by atoms with Crippen molar-refractivity contribution < 1.29 is 38.2 Å². The Morgan fingerprint density at radius 3 is 2.23 bits per heavy atom. The molecule has 30 heavy (non-hydrogen) atoms. The molecule has 10 nitrogen and oxygen atoms in total. The third kappa shape index (κ3) is 5.83. The Morgan fingerprint density at radius 2 is 1.70 bits per heavy atom. The van der Waals surface area contributed by atoms with E-state index in [-0.39, 0.29) is 41.6 Å². The monoisotopic (exact) mass is 436 g/mol. The van der Waals surface area contributed by atoms with Crippen LogP contribution < -0.4 is 5.32 Å². The fourth-order valence-corrected chi connectivity index (χ4v) is 3.43. The molecule has 0 saturated carbocycles. The van der Waals surface area contributed by atoms with Crippen LogP contribution in [-0.2, 0) is 28.6 Å². The number of thioether (sulfide) groups is 1. The molecule has 0 spiro atoms. The summed E-state index contributed by atoms with van der Waals surface area (Å²) in [5.41, 5.74) is 0.205. The SMILES string of the molecule is CCOC(=O)/C=C1\SCC(=O)N1CC(=O)Nc1cc(C(=O)OC)cc(C(=O)OC)c1. The quantitative estimate of drug-likeness (QED) is 0.380. The van der Waals surface area contributed by atoms with Gasteiger partial charge in [-0.1, -0.05) is 11.8 Å². The topological polar surface area (TPSA) is 128 Å². The first-order valence-electron chi connectivity index (χ1n) is 8.72. The Hall–Kier alpha value is -3.34. The maximum absolute atomic E-state index is 12.5. The summed E-state index contributed by atoms with van der Waals surface area (Å²) in [6.07, 6.45) is 1.15. The predicted octanol–water partition coefficient (Wildman–Crippen LogP) is 1.18. The van der Waals surface area contributed by atoms with E-state index in [0.29, 0.717) is 5.03 Å². The number of amides is 2. The number of nitrogens with one attached hydrogen (secondary N) is 1. The van der Waals surface area contributed by atoms with Gasteiger partial charge in [-0.15, -0.1) is 0 Å². The zero-order valence-electron chi connectivity index (χ0n) is 16.6. The molecule has 1 aliphatic rings. The number of esters is 3. The lowest BCUT2D eigenvalue weighted by Gasteiger charge is -2.17. The van der Waals surface area contributed by atoms with Gasteiger partial charge in [-0.05, 0) is 25.1 Å². The highest BCUT2D eigenvalue weighted by Gasteiger charge is 2.29. The third-order valence-corrected chi connectivity index (χ3v) is 4.82. The van der Waals surface area contributed by atoms with E-state index >= 15 is 0 Å². The van der Waals surface area contributed by atoms with E-state index in [1.165, 1.54) is 32.4 Å². The molecule has 11 heteroatoms. The summed E-state index contributed by atoms with van der Waals surface area (Å²) >= 11 is 1.11. The smallest absolute Gasteiger partial charge is 0.337 e. The molecule has 1 aliphatic heterocycles. The molecule has 1 fully saturated rings. The first-order chi connectivity index (χ1) is 14.3. The number of hydrogen-bond acceptors (Lipinski definition) is 9. The molecule has 2 amide bonds. The minimum absolute atomic E-state index is 0.0337. The molecule has 0 radical (unpaired) electrons. The van der Waals surface area contributed by atoms with E-state index in [0.717, 1.165) is 22.7 Å². The maximum atomic E-state index is 12.5. The van der Waals surface area contributed by atoms with Crippen LogP contribution in [0.1, 0.15) is 27.6 Å². The lowest BCUT2D eigenvalue weighted by molar-refractivity contribution is -0.137. The number of hydrogen-bond donors (Lipinski definition) is 1. The molecular formula is C19H20N2O8S. The van der Waals surface area contributed by atoms with Crippen molar-refractivity contribution >= 4 is 47.2 Å². The van der Waals surface area contributed by atoms with Gasteiger partial charge in [0.2, 0.25) is 11.8 Å². The van der Waals surface area contributed by atoms with Crippen molar-refractivity contribution in [3.8, 4) is 0 Å². The number of nitrogens with zero attached hydrogens (tertiary/aromatic N) is 1. The number of benzene rings is 1. The van der Waals surface area contributed by atoms with Crippen molar-refractivity contribution in [3.63, 3.8) is 0 Å². The van der Waals surface area contributed by atoms with Crippen molar-refractivity contribution in [2.45, 2.75) is 6.92 Å². The predicted molar refractivity (Wildman–Crippen MR) is 107 cm³/mol. The molecule has 1 aromatic carbocycles. The summed E-state index contributed by atoms with van der Waals surface area (Å²) in [6, 6.07) is 3.92. The van der Waals surface area contributed by atoms with Gasteiger partial charge < -0.3 is 19.5 Å². The van der Waals surface area contributed by atoms with Gasteiger partial charge in [0, 0.05) is 5.69 Å². The molecular weight excluding hydrogens is 416 g/mol. The highest BCUT2D eigenvalue weighted by Crippen LogP contribution is 2.28. The van der Waals surface area contributed by atoms with Crippen LogP contribution in [0.4, 0.5) is 5.69 Å². The first kappa shape index (κ1) is 22.9. The Balaban J connectivity index is 2.20. The van der Waals surface area contributed by atoms with Crippen LogP contribution in [-0.4, -0.2) is 67.7 Å². The van der Waals surface area contributed by atoms with E-state index in [1.807, 2.05) is 0 Å². The van der Waals surface area contributed by atoms with Crippen molar-refractivity contribution in [1.82, 2.24) is 4.90 Å². The molecule has 0 atom stereocenters. The van der Waals surface area contributed by atoms with Crippen molar-refractivity contribution in [2.24, 2.45) is 0 Å². The largest absolute Gasteiger partial charge is 0.465 e. The first-order valence-corrected chi connectivity index (χ1v) is 9.70. The lowest BCUT2D eigenvalue weighted by atomic mass is 10.1. The zero-order chi connectivity index (χ0) is 22.3. The van der Waals surface area contributed by atoms with Crippen LogP contribution in [0, 0.1) is 0 Å². The average Bonchev–Trinajstić information content (AvgIpc) is 3.05. The molecule has 0 unspecified atom stereocenters. The van der Waals surface area contributed by atoms with Gasteiger partial charge in [0.15, 0.2) is 0 Å². The van der Waals surface area contributed by atoms with E-state index in [4.69, 9.17) is 4.74 Å². The molecule has 1 N–H and O–H groups in total. The highest BCUT2D eigenvalue weighted by molar-refractivity contribution is 8.04. The zero-order valence-corrected chi connectivity index (χ0v) is 17.4. The van der Waals surface area contributed by atoms with Crippen LogP contribution in [0.2, 0.25) is 0 Å². The average molecular weight is 436 g/mol. The van der Waals surface area contributed by atoms with Gasteiger partial charge in [-0.2, -0.15) is 0 Å². The summed E-state index contributed by atoms with van der Waals surface area (Å²) < 4.78 is 14.1. The number of methoxy groups -OCH3 is 2. The number of carbonyl (C=O) groups is 5. The number of anilines is 1. The normalized spacial score (nSPS) is 14.4. The number of carbonyl (C=O) groups excluding carboxylic acids is 5. The fourth-order valence-electron chi connectivity index (χ4n) is 2.50. The van der Waals surface area contributed by atoms with Gasteiger partial charge >= 0.3 is 17.9 Å². The van der Waals surface area contributed by atoms with Gasteiger partial charge in [0.05, 0.1) is 48.8 Å². The van der Waals surface area contributed by atoms with Gasteiger partial charge in [-0.25, -0.2) is 14.4 Å². The second-order valence-corrected chi connectivity index (χ2v) is 6.83. The second-order valence-electron chi connectivity index (χ2n) is 5.83. The van der Waals surface area contributed by atoms with Gasteiger partial charge in [-0.3, -0.25) is 14.5 Å². The fraction of sp³-hybridized carbons (Fsp3) is 0.316. The molecule has 0 aliphatic carbocycles. The summed E-state index contributed by atoms with van der Waals surface area (Å²) in [6.45, 7) is 1.47. The van der Waals surface area contributed by atoms with Gasteiger partial charge in [0.1, 0.15) is 6.54 Å². The van der Waals surface area contributed by atoms with Crippen molar-refractivity contribution in [2.75, 3.05) is 38.4 Å². The van der Waals surface area contributed by atoms with E-state index in [9.17, 15) is 24.0 Å². The molecule has 1 aromatic rings. The van der Waals surface area contributed by atoms with Crippen LogP contribution in [0.5, 0.6) is 0 Å². The molecule has 0 aromatic heterocycles. The Bertz CT molecular complexity index is 878. The van der Waals surface area contributed by atoms with Crippen LogP contribution in [0.15, 0.2) is 29.3 Å². The van der Waals surface area contributed by atoms with E-state index < -0.39 is 23.8 Å². The molecule has 0 bridgehead atoms. The molecule has 2 rings (SSSR count). The summed E-state index contributed by atoms with van der Waals surface area (Å²) in [4.78, 5) is 61.1. The van der Waals surface area contributed by atoms with Crippen molar-refractivity contribution in [3.05, 3.63) is 40.4 Å². The molecule has 160 valence electrons. The highest BCUT2D eigenvalue weighted by atomic mass is 32.2. The second kappa shape index (κ2) is 10.4. The minimum atomic E-state index is -0.706. The molecule has 1 heterocycles. The van der Waals surface area contributed by atoms with Crippen molar-refractivity contribution in [1.29, 1.82) is 0 Å². The standard InChI is InChI=1S/C19H20N2O8S/c1-4-29-17(24)8-16-21(15(23)10-30-16)9-14(22)20-13-6-11(18(25)27-2)5-12(7-13)19(26)28-3/h5-8H,4,9-10H2,1-3H3,(H,20,22)/b16-8-. The number of rotatable bonds is 7. The Morgan fingerprint density at radius 1 is 1.10 bits per heavy atom. The van der Waals surface area contributed by atoms with E-state index in [2.05, 4.69) is 14.8 Å². The Labute approximate surface area is 176 Å². The van der Waals surface area contributed by atoms with E-state index in [1.54, 1.807) is 6.92 Å². The van der Waals surface area contributed by atoms with Crippen LogP contribution in [0.25, 0.3) is 0 Å². The van der Waals surface area contributed by atoms with Crippen LogP contribution >= 0.6 is 11.8 Å². The summed E-state index contributed by atoms with van der Waals surface area (Å²) in [5, 5.41) is 2.82. The van der Waals surface area contributed by atoms with Gasteiger partial charge in [0.25, 0.3) is 0 Å². The maximum Gasteiger partial charge on any atom is 0.337 e. The summed E-state index contributed by atoms with van der Waals surface area (Å²) in [5.74, 6) is -2.89. The minimum Gasteiger partial charge on any atom is -0.465 e. The van der Waals surface area contributed by atoms with Crippen LogP contribution in [0.3, 0.4) is 0 Å². The Kier molecular flexibility index (Phi) is 7.98. The lowest BCUT2D eigenvalue weighted by Crippen LogP contribution is -2.34. The third-order valence-electron chi connectivity index (χ3n) is 3.80. The number of ether oxygens (including phenoxy) is 3. The molecule has 1 saturated heterocycles. The summed E-state index contributed by atoms with van der Waals surface area (Å²) in [7, 11) is 2.36.